The van der Waals surface area contributed by atoms with E-state index in [1.165, 1.54) is 19.4 Å². The summed E-state index contributed by atoms with van der Waals surface area (Å²) in [6.45, 7) is 9.29. The second kappa shape index (κ2) is 10.5. The van der Waals surface area contributed by atoms with Crippen LogP contribution in [0.15, 0.2) is 12.3 Å². The van der Waals surface area contributed by atoms with Crippen LogP contribution >= 0.6 is 0 Å². The average molecular weight is 379 g/mol. The number of carbonyl (C=O) groups is 3. The number of methoxy groups -OCH3 is 1. The summed E-state index contributed by atoms with van der Waals surface area (Å²) in [5.41, 5.74) is -0.115. The molecule has 0 aliphatic carbocycles. The molecule has 0 saturated carbocycles. The molecule has 0 aliphatic heterocycles. The lowest BCUT2D eigenvalue weighted by Gasteiger charge is -2.21. The molecule has 27 heavy (non-hydrogen) atoms. The van der Waals surface area contributed by atoms with E-state index in [4.69, 9.17) is 9.47 Å². The lowest BCUT2D eigenvalue weighted by atomic mass is 10.1. The van der Waals surface area contributed by atoms with E-state index in [9.17, 15) is 14.4 Å². The van der Waals surface area contributed by atoms with E-state index in [1.807, 2.05) is 27.7 Å². The van der Waals surface area contributed by atoms with Crippen LogP contribution in [0.4, 0.5) is 0 Å². The molecule has 2 N–H and O–H groups in total. The van der Waals surface area contributed by atoms with Gasteiger partial charge in [0.05, 0.1) is 7.11 Å². The Morgan fingerprint density at radius 1 is 1.15 bits per heavy atom. The molecule has 1 aromatic rings. The van der Waals surface area contributed by atoms with Gasteiger partial charge in [0.1, 0.15) is 6.04 Å². The maximum Gasteiger partial charge on any atom is 0.311 e. The minimum absolute atomic E-state index is 0.0302. The first-order chi connectivity index (χ1) is 12.7. The van der Waals surface area contributed by atoms with Crippen LogP contribution in [0.5, 0.6) is 11.5 Å². The summed E-state index contributed by atoms with van der Waals surface area (Å²) in [6.07, 6.45) is 2.18. The van der Waals surface area contributed by atoms with Gasteiger partial charge >= 0.3 is 5.97 Å². The van der Waals surface area contributed by atoms with Crippen molar-refractivity contribution in [3.8, 4) is 11.5 Å². The zero-order valence-corrected chi connectivity index (χ0v) is 16.8. The quantitative estimate of drug-likeness (QED) is 0.636. The highest BCUT2D eigenvalue weighted by Crippen LogP contribution is 2.30. The third-order valence-corrected chi connectivity index (χ3v) is 4.08. The summed E-state index contributed by atoms with van der Waals surface area (Å²) in [4.78, 5) is 40.7. The van der Waals surface area contributed by atoms with Crippen molar-refractivity contribution < 1.29 is 23.9 Å². The molecule has 1 unspecified atom stereocenters. The van der Waals surface area contributed by atoms with Crippen molar-refractivity contribution in [1.82, 2.24) is 15.6 Å². The molecule has 8 heteroatoms. The topological polar surface area (TPSA) is 107 Å². The number of amides is 2. The third kappa shape index (κ3) is 6.54. The predicted octanol–water partition coefficient (Wildman–Crippen LogP) is 2.07. The maximum atomic E-state index is 12.6. The Morgan fingerprint density at radius 2 is 1.81 bits per heavy atom. The van der Waals surface area contributed by atoms with Gasteiger partial charge in [-0.05, 0) is 26.2 Å². The Balaban J connectivity index is 2.96. The number of rotatable bonds is 9. The molecule has 0 aliphatic rings. The van der Waals surface area contributed by atoms with Crippen molar-refractivity contribution in [3.63, 3.8) is 0 Å². The first kappa shape index (κ1) is 22.4. The fraction of sp³-hybridized carbons (Fsp3) is 0.579. The van der Waals surface area contributed by atoms with Gasteiger partial charge < -0.3 is 20.1 Å². The van der Waals surface area contributed by atoms with Gasteiger partial charge in [-0.1, -0.05) is 20.8 Å². The second-order valence-electron chi connectivity index (χ2n) is 6.65. The summed E-state index contributed by atoms with van der Waals surface area (Å²) in [5.74, 6) is -1.01. The number of esters is 1. The molecule has 150 valence electrons. The molecule has 2 amide bonds. The van der Waals surface area contributed by atoms with E-state index >= 15 is 0 Å². The minimum Gasteiger partial charge on any atom is -0.493 e. The summed E-state index contributed by atoms with van der Waals surface area (Å²) in [5, 5.41) is 5.41. The standard InChI is InChI=1S/C19H29N3O5/c1-7-8-15(23)27-17-14(26-6)9-10-20-16(17)19(25)22-13(5)18(24)21-12(4)11(2)3/h9-13H,7-8H2,1-6H3,(H,21,24)(H,22,25)/t12?,13-/m0/s1. The molecule has 1 rings (SSSR count). The Morgan fingerprint density at radius 3 is 2.37 bits per heavy atom. The van der Waals surface area contributed by atoms with Gasteiger partial charge in [0.2, 0.25) is 11.7 Å². The predicted molar refractivity (Wildman–Crippen MR) is 101 cm³/mol. The highest BCUT2D eigenvalue weighted by atomic mass is 16.6. The number of nitrogens with zero attached hydrogens (tertiary/aromatic N) is 1. The van der Waals surface area contributed by atoms with Gasteiger partial charge in [0, 0.05) is 24.7 Å². The molecule has 0 spiro atoms. The molecule has 8 nitrogen and oxygen atoms in total. The molecule has 0 bridgehead atoms. The molecule has 2 atom stereocenters. The van der Waals surface area contributed by atoms with Gasteiger partial charge in [0.25, 0.3) is 5.91 Å². The van der Waals surface area contributed by atoms with E-state index < -0.39 is 17.9 Å². The normalized spacial score (nSPS) is 12.9. The molecule has 0 aromatic carbocycles. The summed E-state index contributed by atoms with van der Waals surface area (Å²) in [6, 6.07) is 0.675. The molecule has 0 radical (unpaired) electrons. The van der Waals surface area contributed by atoms with Crippen molar-refractivity contribution in [3.05, 3.63) is 18.0 Å². The van der Waals surface area contributed by atoms with E-state index in [0.717, 1.165) is 0 Å². The Labute approximate surface area is 160 Å². The molecular weight excluding hydrogens is 350 g/mol. The van der Waals surface area contributed by atoms with E-state index in [-0.39, 0.29) is 41.5 Å². The van der Waals surface area contributed by atoms with E-state index in [1.54, 1.807) is 6.92 Å². The van der Waals surface area contributed by atoms with Crippen LogP contribution in [0, 0.1) is 5.92 Å². The van der Waals surface area contributed by atoms with Crippen LogP contribution < -0.4 is 20.1 Å². The number of carbonyl (C=O) groups excluding carboxylic acids is 3. The summed E-state index contributed by atoms with van der Waals surface area (Å²) < 4.78 is 10.4. The van der Waals surface area contributed by atoms with Gasteiger partial charge in [-0.3, -0.25) is 14.4 Å². The number of nitrogens with one attached hydrogen (secondary N) is 2. The van der Waals surface area contributed by atoms with Crippen molar-refractivity contribution in [2.75, 3.05) is 7.11 Å². The lowest BCUT2D eigenvalue weighted by Crippen LogP contribution is -2.48. The largest absolute Gasteiger partial charge is 0.493 e. The van der Waals surface area contributed by atoms with Gasteiger partial charge in [-0.2, -0.15) is 0 Å². The Bertz CT molecular complexity index is 675. The second-order valence-corrected chi connectivity index (χ2v) is 6.65. The smallest absolute Gasteiger partial charge is 0.311 e. The Hall–Kier alpha value is -2.64. The van der Waals surface area contributed by atoms with Crippen LogP contribution in [0.2, 0.25) is 0 Å². The third-order valence-electron chi connectivity index (χ3n) is 4.08. The fourth-order valence-corrected chi connectivity index (χ4v) is 2.07. The van der Waals surface area contributed by atoms with Crippen LogP contribution in [0.25, 0.3) is 0 Å². The van der Waals surface area contributed by atoms with Crippen LogP contribution in [-0.2, 0) is 9.59 Å². The van der Waals surface area contributed by atoms with Crippen molar-refractivity contribution >= 4 is 17.8 Å². The lowest BCUT2D eigenvalue weighted by molar-refractivity contribution is -0.134. The van der Waals surface area contributed by atoms with Crippen molar-refractivity contribution in [2.24, 2.45) is 5.92 Å². The number of aromatic nitrogens is 1. The summed E-state index contributed by atoms with van der Waals surface area (Å²) in [7, 11) is 1.40. The average Bonchev–Trinajstić information content (AvgIpc) is 2.61. The number of hydrogen-bond acceptors (Lipinski definition) is 6. The molecule has 1 aromatic heterocycles. The fourth-order valence-electron chi connectivity index (χ4n) is 2.07. The van der Waals surface area contributed by atoms with E-state index in [2.05, 4.69) is 15.6 Å². The zero-order valence-electron chi connectivity index (χ0n) is 16.8. The first-order valence-corrected chi connectivity index (χ1v) is 9.06. The van der Waals surface area contributed by atoms with Gasteiger partial charge in [-0.25, -0.2) is 4.98 Å². The van der Waals surface area contributed by atoms with Crippen LogP contribution in [-0.4, -0.2) is 42.0 Å². The van der Waals surface area contributed by atoms with Gasteiger partial charge in [-0.15, -0.1) is 0 Å². The monoisotopic (exact) mass is 379 g/mol. The number of ether oxygens (including phenoxy) is 2. The van der Waals surface area contributed by atoms with Crippen LogP contribution in [0.1, 0.15) is 57.9 Å². The molecule has 0 fully saturated rings. The van der Waals surface area contributed by atoms with Crippen molar-refractivity contribution in [2.45, 2.75) is 59.5 Å². The zero-order chi connectivity index (χ0) is 20.6. The summed E-state index contributed by atoms with van der Waals surface area (Å²) >= 11 is 0. The van der Waals surface area contributed by atoms with Crippen LogP contribution in [0.3, 0.4) is 0 Å². The number of pyridine rings is 1. The van der Waals surface area contributed by atoms with E-state index in [0.29, 0.717) is 6.42 Å². The number of hydrogen-bond donors (Lipinski definition) is 2. The molecule has 0 saturated heterocycles. The minimum atomic E-state index is -0.786. The van der Waals surface area contributed by atoms with Crippen molar-refractivity contribution in [1.29, 1.82) is 0 Å². The first-order valence-electron chi connectivity index (χ1n) is 9.06. The highest BCUT2D eigenvalue weighted by Gasteiger charge is 2.25. The Kier molecular flexibility index (Phi) is 8.71. The maximum absolute atomic E-state index is 12.6. The molecular formula is C19H29N3O5. The van der Waals surface area contributed by atoms with Gasteiger partial charge in [0.15, 0.2) is 11.4 Å². The SMILES string of the molecule is CCCC(=O)Oc1c(OC)ccnc1C(=O)N[C@@H](C)C(=O)NC(C)C(C)C. The highest BCUT2D eigenvalue weighted by molar-refractivity contribution is 5.99. The molecule has 1 heterocycles.